The van der Waals surface area contributed by atoms with Crippen LogP contribution >= 0.6 is 0 Å². The third-order valence-electron chi connectivity index (χ3n) is 2.30. The van der Waals surface area contributed by atoms with Gasteiger partial charge in [-0.05, 0) is 18.6 Å². The SMILES string of the molecule is CCC(C=NC)C(=O)c1ccc(F)cc1F. The Morgan fingerprint density at radius 3 is 2.69 bits per heavy atom. The second kappa shape index (κ2) is 5.49. The number of carbonyl (C=O) groups excluding carboxylic acids is 1. The topological polar surface area (TPSA) is 29.4 Å². The summed E-state index contributed by atoms with van der Waals surface area (Å²) >= 11 is 0. The molecule has 0 fully saturated rings. The summed E-state index contributed by atoms with van der Waals surface area (Å²) < 4.78 is 26.0. The molecule has 0 aliphatic carbocycles. The van der Waals surface area contributed by atoms with Crippen molar-refractivity contribution in [1.29, 1.82) is 0 Å². The zero-order valence-corrected chi connectivity index (χ0v) is 9.21. The Bertz CT molecular complexity index is 415. The van der Waals surface area contributed by atoms with E-state index >= 15 is 0 Å². The number of Topliss-reactive ketones (excluding diaryl/α,β-unsaturated/α-hetero) is 1. The first-order valence-corrected chi connectivity index (χ1v) is 5.01. The van der Waals surface area contributed by atoms with E-state index in [2.05, 4.69) is 4.99 Å². The Kier molecular flexibility index (Phi) is 4.28. The summed E-state index contributed by atoms with van der Waals surface area (Å²) in [7, 11) is 1.55. The van der Waals surface area contributed by atoms with Crippen molar-refractivity contribution in [2.24, 2.45) is 10.9 Å². The van der Waals surface area contributed by atoms with Gasteiger partial charge in [-0.2, -0.15) is 0 Å². The highest BCUT2D eigenvalue weighted by atomic mass is 19.1. The van der Waals surface area contributed by atoms with E-state index in [4.69, 9.17) is 0 Å². The summed E-state index contributed by atoms with van der Waals surface area (Å²) in [5, 5.41) is 0. The highest BCUT2D eigenvalue weighted by Crippen LogP contribution is 2.15. The van der Waals surface area contributed by atoms with Gasteiger partial charge in [0.1, 0.15) is 11.6 Å². The normalized spacial score (nSPS) is 13.0. The van der Waals surface area contributed by atoms with Crippen molar-refractivity contribution in [2.45, 2.75) is 13.3 Å². The Balaban J connectivity index is 3.03. The number of benzene rings is 1. The molecule has 4 heteroatoms. The van der Waals surface area contributed by atoms with Crippen molar-refractivity contribution in [3.63, 3.8) is 0 Å². The first-order chi connectivity index (χ1) is 7.60. The Labute approximate surface area is 93.0 Å². The molecule has 0 radical (unpaired) electrons. The lowest BCUT2D eigenvalue weighted by Crippen LogP contribution is -2.17. The fourth-order valence-corrected chi connectivity index (χ4v) is 1.43. The van der Waals surface area contributed by atoms with E-state index in [-0.39, 0.29) is 11.3 Å². The van der Waals surface area contributed by atoms with E-state index in [1.54, 1.807) is 7.05 Å². The standard InChI is InChI=1S/C12H13F2NO/c1-3-8(7-15-2)12(16)10-5-4-9(13)6-11(10)14/h4-8H,3H2,1-2H3. The highest BCUT2D eigenvalue weighted by molar-refractivity contribution is 6.06. The molecule has 0 aliphatic rings. The molecule has 0 amide bonds. The van der Waals surface area contributed by atoms with Gasteiger partial charge in [0.2, 0.25) is 0 Å². The van der Waals surface area contributed by atoms with Gasteiger partial charge in [-0.3, -0.25) is 4.79 Å². The van der Waals surface area contributed by atoms with Crippen LogP contribution in [-0.2, 0) is 0 Å². The van der Waals surface area contributed by atoms with Crippen LogP contribution in [0.3, 0.4) is 0 Å². The first kappa shape index (κ1) is 12.5. The van der Waals surface area contributed by atoms with Crippen LogP contribution in [0.25, 0.3) is 0 Å². The number of hydrogen-bond acceptors (Lipinski definition) is 2. The molecule has 86 valence electrons. The van der Waals surface area contributed by atoms with Crippen LogP contribution < -0.4 is 0 Å². The van der Waals surface area contributed by atoms with Crippen molar-refractivity contribution in [3.05, 3.63) is 35.4 Å². The Morgan fingerprint density at radius 1 is 1.50 bits per heavy atom. The average Bonchev–Trinajstić information content (AvgIpc) is 2.25. The Morgan fingerprint density at radius 2 is 2.19 bits per heavy atom. The van der Waals surface area contributed by atoms with Crippen LogP contribution in [0.5, 0.6) is 0 Å². The van der Waals surface area contributed by atoms with Crippen molar-refractivity contribution < 1.29 is 13.6 Å². The molecule has 0 aliphatic heterocycles. The highest BCUT2D eigenvalue weighted by Gasteiger charge is 2.19. The summed E-state index contributed by atoms with van der Waals surface area (Å²) in [4.78, 5) is 15.6. The van der Waals surface area contributed by atoms with Gasteiger partial charge in [-0.25, -0.2) is 8.78 Å². The lowest BCUT2D eigenvalue weighted by Gasteiger charge is -2.08. The minimum Gasteiger partial charge on any atom is -0.300 e. The minimum absolute atomic E-state index is 0.0897. The van der Waals surface area contributed by atoms with E-state index in [1.807, 2.05) is 6.92 Å². The van der Waals surface area contributed by atoms with Gasteiger partial charge >= 0.3 is 0 Å². The number of carbonyl (C=O) groups is 1. The predicted octanol–water partition coefficient (Wildman–Crippen LogP) is 2.87. The molecule has 1 aromatic rings. The molecule has 1 unspecified atom stereocenters. The molecule has 16 heavy (non-hydrogen) atoms. The molecule has 0 saturated heterocycles. The first-order valence-electron chi connectivity index (χ1n) is 5.01. The fourth-order valence-electron chi connectivity index (χ4n) is 1.43. The summed E-state index contributed by atoms with van der Waals surface area (Å²) in [5.41, 5.74) is -0.0897. The molecule has 0 spiro atoms. The van der Waals surface area contributed by atoms with Crippen LogP contribution in [0.4, 0.5) is 8.78 Å². The number of halogens is 2. The molecule has 0 N–H and O–H groups in total. The monoisotopic (exact) mass is 225 g/mol. The van der Waals surface area contributed by atoms with Crippen molar-refractivity contribution in [1.82, 2.24) is 0 Å². The molecule has 1 aromatic carbocycles. The third-order valence-corrected chi connectivity index (χ3v) is 2.30. The molecule has 1 rings (SSSR count). The molecular weight excluding hydrogens is 212 g/mol. The van der Waals surface area contributed by atoms with Crippen LogP contribution in [0.2, 0.25) is 0 Å². The van der Waals surface area contributed by atoms with E-state index in [0.717, 1.165) is 6.07 Å². The number of nitrogens with zero attached hydrogens (tertiary/aromatic N) is 1. The molecule has 2 nitrogen and oxygen atoms in total. The molecule has 0 aromatic heterocycles. The number of rotatable bonds is 4. The minimum atomic E-state index is -0.826. The number of ketones is 1. The largest absolute Gasteiger partial charge is 0.300 e. The van der Waals surface area contributed by atoms with E-state index in [0.29, 0.717) is 12.5 Å². The Hall–Kier alpha value is -1.58. The van der Waals surface area contributed by atoms with Gasteiger partial charge in [0, 0.05) is 19.3 Å². The van der Waals surface area contributed by atoms with E-state index < -0.39 is 17.6 Å². The third kappa shape index (κ3) is 2.72. The van der Waals surface area contributed by atoms with Crippen LogP contribution in [-0.4, -0.2) is 19.0 Å². The van der Waals surface area contributed by atoms with Crippen molar-refractivity contribution >= 4 is 12.0 Å². The molecule has 0 saturated carbocycles. The number of aliphatic imine (C=N–C) groups is 1. The maximum Gasteiger partial charge on any atom is 0.174 e. The maximum absolute atomic E-state index is 13.3. The van der Waals surface area contributed by atoms with Gasteiger partial charge in [0.25, 0.3) is 0 Å². The van der Waals surface area contributed by atoms with Gasteiger partial charge in [-0.15, -0.1) is 0 Å². The lowest BCUT2D eigenvalue weighted by atomic mass is 9.96. The summed E-state index contributed by atoms with van der Waals surface area (Å²) in [6, 6.07) is 2.95. The van der Waals surface area contributed by atoms with Crippen molar-refractivity contribution in [3.8, 4) is 0 Å². The van der Waals surface area contributed by atoms with Gasteiger partial charge < -0.3 is 4.99 Å². The molecule has 0 bridgehead atoms. The summed E-state index contributed by atoms with van der Waals surface area (Å²) in [6.45, 7) is 1.81. The van der Waals surface area contributed by atoms with Gasteiger partial charge in [-0.1, -0.05) is 6.92 Å². The van der Waals surface area contributed by atoms with Crippen LogP contribution in [0.1, 0.15) is 23.7 Å². The zero-order valence-electron chi connectivity index (χ0n) is 9.21. The van der Waals surface area contributed by atoms with Crippen LogP contribution in [0.15, 0.2) is 23.2 Å². The van der Waals surface area contributed by atoms with Crippen LogP contribution in [0, 0.1) is 17.6 Å². The predicted molar refractivity (Wildman–Crippen MR) is 58.9 cm³/mol. The average molecular weight is 225 g/mol. The van der Waals surface area contributed by atoms with E-state index in [1.165, 1.54) is 12.3 Å². The molecular formula is C12H13F2NO. The quantitative estimate of drug-likeness (QED) is 0.572. The second-order valence-electron chi connectivity index (χ2n) is 3.41. The van der Waals surface area contributed by atoms with Crippen molar-refractivity contribution in [2.75, 3.05) is 7.05 Å². The summed E-state index contributed by atoms with van der Waals surface area (Å²) in [6.07, 6.45) is 2.01. The zero-order chi connectivity index (χ0) is 12.1. The molecule has 1 atom stereocenters. The number of hydrogen-bond donors (Lipinski definition) is 0. The smallest absolute Gasteiger partial charge is 0.174 e. The second-order valence-corrected chi connectivity index (χ2v) is 3.41. The van der Waals surface area contributed by atoms with Gasteiger partial charge in [0.05, 0.1) is 11.5 Å². The lowest BCUT2D eigenvalue weighted by molar-refractivity contribution is 0.0950. The molecule has 0 heterocycles. The van der Waals surface area contributed by atoms with E-state index in [9.17, 15) is 13.6 Å². The fraction of sp³-hybridized carbons (Fsp3) is 0.333. The van der Waals surface area contributed by atoms with Gasteiger partial charge in [0.15, 0.2) is 5.78 Å². The summed E-state index contributed by atoms with van der Waals surface area (Å²) in [5.74, 6) is -2.34. The maximum atomic E-state index is 13.3.